The lowest BCUT2D eigenvalue weighted by molar-refractivity contribution is 0.0950. The number of nitrogens with two attached hydrogens (primary N) is 1. The molecule has 5 nitrogen and oxygen atoms in total. The van der Waals surface area contributed by atoms with Crippen LogP contribution in [0.5, 0.6) is 0 Å². The second-order valence-electron chi connectivity index (χ2n) is 3.25. The summed E-state index contributed by atoms with van der Waals surface area (Å²) in [7, 11) is 0. The topological polar surface area (TPSA) is 80.9 Å². The van der Waals surface area contributed by atoms with E-state index in [2.05, 4.69) is 15.5 Å². The van der Waals surface area contributed by atoms with Gasteiger partial charge in [0, 0.05) is 11.6 Å². The van der Waals surface area contributed by atoms with Crippen molar-refractivity contribution >= 4 is 34.0 Å². The molecule has 0 unspecified atom stereocenters. The van der Waals surface area contributed by atoms with Crippen molar-refractivity contribution in [3.8, 4) is 0 Å². The predicted octanol–water partition coefficient (Wildman–Crippen LogP) is 1.70. The smallest absolute Gasteiger partial charge is 0.282 e. The lowest BCUT2D eigenvalue weighted by Gasteiger charge is -2.02. The molecule has 0 fully saturated rings. The monoisotopic (exact) mass is 268 g/mol. The molecule has 17 heavy (non-hydrogen) atoms. The number of aromatic nitrogens is 2. The zero-order valence-electron chi connectivity index (χ0n) is 8.68. The average molecular weight is 269 g/mol. The number of hydrogen-bond donors (Lipinski definition) is 2. The number of carbonyl (C=O) groups is 1. The van der Waals surface area contributed by atoms with Gasteiger partial charge in [-0.2, -0.15) is 0 Å². The van der Waals surface area contributed by atoms with Gasteiger partial charge in [-0.25, -0.2) is 0 Å². The minimum atomic E-state index is -0.283. The molecular weight excluding hydrogens is 260 g/mol. The van der Waals surface area contributed by atoms with Crippen molar-refractivity contribution in [2.24, 2.45) is 0 Å². The normalized spacial score (nSPS) is 10.2. The molecule has 0 radical (unpaired) electrons. The first-order chi connectivity index (χ1) is 8.15. The SMILES string of the molecule is Nc1nnc(C(=O)NCc2ccc(Cl)cc2)s1. The fraction of sp³-hybridized carbons (Fsp3) is 0.100. The van der Waals surface area contributed by atoms with E-state index in [1.165, 1.54) is 0 Å². The zero-order chi connectivity index (χ0) is 12.3. The van der Waals surface area contributed by atoms with Crippen molar-refractivity contribution in [3.05, 3.63) is 39.9 Å². The number of halogens is 1. The second kappa shape index (κ2) is 5.11. The Labute approximate surface area is 107 Å². The first-order valence-corrected chi connectivity index (χ1v) is 5.96. The Morgan fingerprint density at radius 2 is 2.06 bits per heavy atom. The van der Waals surface area contributed by atoms with Crippen molar-refractivity contribution in [2.45, 2.75) is 6.54 Å². The van der Waals surface area contributed by atoms with Gasteiger partial charge in [0.15, 0.2) is 0 Å². The molecule has 0 bridgehead atoms. The van der Waals surface area contributed by atoms with Gasteiger partial charge in [0.2, 0.25) is 10.1 Å². The molecule has 1 aromatic heterocycles. The second-order valence-corrected chi connectivity index (χ2v) is 4.70. The third kappa shape index (κ3) is 3.15. The van der Waals surface area contributed by atoms with Crippen LogP contribution in [0.15, 0.2) is 24.3 Å². The molecule has 0 aliphatic heterocycles. The van der Waals surface area contributed by atoms with E-state index in [9.17, 15) is 4.79 Å². The Kier molecular flexibility index (Phi) is 3.55. The van der Waals surface area contributed by atoms with Crippen LogP contribution in [0.3, 0.4) is 0 Å². The Hall–Kier alpha value is -1.66. The van der Waals surface area contributed by atoms with Crippen LogP contribution in [-0.2, 0) is 6.54 Å². The largest absolute Gasteiger partial charge is 0.374 e. The highest BCUT2D eigenvalue weighted by atomic mass is 35.5. The minimum Gasteiger partial charge on any atom is -0.374 e. The molecule has 2 aromatic rings. The van der Waals surface area contributed by atoms with Gasteiger partial charge in [0.25, 0.3) is 5.91 Å². The van der Waals surface area contributed by atoms with Gasteiger partial charge < -0.3 is 11.1 Å². The van der Waals surface area contributed by atoms with E-state index < -0.39 is 0 Å². The average Bonchev–Trinajstić information content (AvgIpc) is 2.75. The Morgan fingerprint density at radius 3 is 2.65 bits per heavy atom. The minimum absolute atomic E-state index is 0.261. The Bertz CT molecular complexity index is 525. The number of benzene rings is 1. The number of carbonyl (C=O) groups excluding carboxylic acids is 1. The molecule has 0 saturated carbocycles. The highest BCUT2D eigenvalue weighted by Gasteiger charge is 2.10. The predicted molar refractivity (Wildman–Crippen MR) is 66.9 cm³/mol. The van der Waals surface area contributed by atoms with E-state index in [0.29, 0.717) is 11.6 Å². The van der Waals surface area contributed by atoms with Crippen LogP contribution in [0.2, 0.25) is 5.02 Å². The number of nitrogen functional groups attached to an aromatic ring is 1. The first kappa shape index (κ1) is 11.8. The van der Waals surface area contributed by atoms with Gasteiger partial charge in [0.1, 0.15) is 0 Å². The molecule has 2 rings (SSSR count). The summed E-state index contributed by atoms with van der Waals surface area (Å²) < 4.78 is 0. The number of nitrogens with one attached hydrogen (secondary N) is 1. The number of anilines is 1. The fourth-order valence-electron chi connectivity index (χ4n) is 1.19. The molecule has 1 heterocycles. The van der Waals surface area contributed by atoms with Gasteiger partial charge in [-0.3, -0.25) is 4.79 Å². The molecule has 0 atom stereocenters. The third-order valence-electron chi connectivity index (χ3n) is 2.00. The van der Waals surface area contributed by atoms with Crippen molar-refractivity contribution in [1.82, 2.24) is 15.5 Å². The van der Waals surface area contributed by atoms with E-state index in [4.69, 9.17) is 17.3 Å². The van der Waals surface area contributed by atoms with Crippen molar-refractivity contribution < 1.29 is 4.79 Å². The maximum absolute atomic E-state index is 11.6. The maximum Gasteiger partial charge on any atom is 0.282 e. The van der Waals surface area contributed by atoms with Crippen LogP contribution in [-0.4, -0.2) is 16.1 Å². The van der Waals surface area contributed by atoms with Gasteiger partial charge >= 0.3 is 0 Å². The highest BCUT2D eigenvalue weighted by molar-refractivity contribution is 7.16. The lowest BCUT2D eigenvalue weighted by atomic mass is 10.2. The number of hydrogen-bond acceptors (Lipinski definition) is 5. The van der Waals surface area contributed by atoms with Crippen molar-refractivity contribution in [3.63, 3.8) is 0 Å². The van der Waals surface area contributed by atoms with E-state index in [1.54, 1.807) is 12.1 Å². The van der Waals surface area contributed by atoms with Gasteiger partial charge in [-0.1, -0.05) is 35.1 Å². The van der Waals surface area contributed by atoms with Crippen molar-refractivity contribution in [1.29, 1.82) is 0 Å². The van der Waals surface area contributed by atoms with Crippen LogP contribution in [0.4, 0.5) is 5.13 Å². The summed E-state index contributed by atoms with van der Waals surface area (Å²) in [6, 6.07) is 7.23. The fourth-order valence-corrected chi connectivity index (χ4v) is 1.84. The molecule has 1 aromatic carbocycles. The van der Waals surface area contributed by atoms with Crippen molar-refractivity contribution in [2.75, 3.05) is 5.73 Å². The molecule has 1 amide bonds. The summed E-state index contributed by atoms with van der Waals surface area (Å²) in [5, 5.41) is 11.1. The maximum atomic E-state index is 11.6. The molecule has 0 aliphatic carbocycles. The van der Waals surface area contributed by atoms with Gasteiger partial charge in [-0.05, 0) is 17.7 Å². The molecule has 0 spiro atoms. The lowest BCUT2D eigenvalue weighted by Crippen LogP contribution is -2.22. The number of nitrogens with zero attached hydrogens (tertiary/aromatic N) is 2. The van der Waals surface area contributed by atoms with Crippen LogP contribution in [0.1, 0.15) is 15.4 Å². The number of amides is 1. The van der Waals surface area contributed by atoms with E-state index in [-0.39, 0.29) is 16.0 Å². The first-order valence-electron chi connectivity index (χ1n) is 4.77. The summed E-state index contributed by atoms with van der Waals surface area (Å²) in [6.45, 7) is 0.412. The van der Waals surface area contributed by atoms with E-state index >= 15 is 0 Å². The molecule has 0 saturated heterocycles. The molecule has 3 N–H and O–H groups in total. The summed E-state index contributed by atoms with van der Waals surface area (Å²) in [5.41, 5.74) is 6.35. The number of rotatable bonds is 3. The quantitative estimate of drug-likeness (QED) is 0.888. The molecule has 7 heteroatoms. The summed E-state index contributed by atoms with van der Waals surface area (Å²) in [5.74, 6) is -0.283. The standard InChI is InChI=1S/C10H9ClN4OS/c11-7-3-1-6(2-4-7)5-13-8(16)9-14-15-10(12)17-9/h1-4H,5H2,(H2,12,15)(H,13,16). The zero-order valence-corrected chi connectivity index (χ0v) is 10.3. The summed E-state index contributed by atoms with van der Waals surface area (Å²) >= 11 is 6.81. The van der Waals surface area contributed by atoms with Crippen LogP contribution in [0, 0.1) is 0 Å². The summed E-state index contributed by atoms with van der Waals surface area (Å²) in [4.78, 5) is 11.6. The Balaban J connectivity index is 1.94. The Morgan fingerprint density at radius 1 is 1.35 bits per heavy atom. The van der Waals surface area contributed by atoms with Crippen LogP contribution >= 0.6 is 22.9 Å². The molecular formula is C10H9ClN4OS. The van der Waals surface area contributed by atoms with E-state index in [0.717, 1.165) is 16.9 Å². The molecule has 88 valence electrons. The van der Waals surface area contributed by atoms with Gasteiger partial charge in [0.05, 0.1) is 0 Å². The molecule has 0 aliphatic rings. The highest BCUT2D eigenvalue weighted by Crippen LogP contribution is 2.12. The van der Waals surface area contributed by atoms with E-state index in [1.807, 2.05) is 12.1 Å². The summed E-state index contributed by atoms with van der Waals surface area (Å²) in [6.07, 6.45) is 0. The third-order valence-corrected chi connectivity index (χ3v) is 3.00. The van der Waals surface area contributed by atoms with Gasteiger partial charge in [-0.15, -0.1) is 10.2 Å². The van der Waals surface area contributed by atoms with Crippen LogP contribution < -0.4 is 11.1 Å². The van der Waals surface area contributed by atoms with Crippen LogP contribution in [0.25, 0.3) is 0 Å².